The molecule has 2 unspecified atom stereocenters. The van der Waals surface area contributed by atoms with Crippen molar-refractivity contribution in [1.29, 1.82) is 0 Å². The summed E-state index contributed by atoms with van der Waals surface area (Å²) >= 11 is 0. The number of amides is 3. The number of alkyl carbamates (subject to hydrolysis) is 1. The van der Waals surface area contributed by atoms with Gasteiger partial charge in [0.2, 0.25) is 5.91 Å². The van der Waals surface area contributed by atoms with Gasteiger partial charge in [-0.1, -0.05) is 87.7 Å². The molecule has 0 aliphatic rings. The van der Waals surface area contributed by atoms with Gasteiger partial charge >= 0.3 is 6.09 Å². The van der Waals surface area contributed by atoms with Crippen molar-refractivity contribution in [1.82, 2.24) is 10.2 Å². The molecule has 0 saturated carbocycles. The van der Waals surface area contributed by atoms with Crippen LogP contribution in [0.5, 0.6) is 5.75 Å². The van der Waals surface area contributed by atoms with E-state index in [0.29, 0.717) is 30.0 Å². The monoisotopic (exact) mass is 615 g/mol. The number of rotatable bonds is 15. The van der Waals surface area contributed by atoms with E-state index in [1.54, 1.807) is 57.0 Å². The number of nitrogens with zero attached hydrogens (tertiary/aromatic N) is 1. The maximum Gasteiger partial charge on any atom is 0.408 e. The molecule has 0 aliphatic heterocycles. The molecule has 0 bridgehead atoms. The van der Waals surface area contributed by atoms with Crippen LogP contribution in [0.25, 0.3) is 0 Å². The third-order valence-corrected chi connectivity index (χ3v) is 7.43. The minimum atomic E-state index is -0.959. The maximum atomic E-state index is 14.7. The SMILES string of the molecule is CCCCCCN(C(=O)C(Cc1ccccc1)NC(=O)OC(C)(C)C)C(C(=O)Nc1ccc(OC)cc1)c1ccc(CC)cc1. The van der Waals surface area contributed by atoms with Gasteiger partial charge in [0.05, 0.1) is 7.11 Å². The van der Waals surface area contributed by atoms with Crippen molar-refractivity contribution in [3.63, 3.8) is 0 Å². The molecule has 45 heavy (non-hydrogen) atoms. The first-order valence-corrected chi connectivity index (χ1v) is 15.9. The molecule has 0 spiro atoms. The molecule has 0 aromatic heterocycles. The van der Waals surface area contributed by atoms with Crippen LogP contribution in [0.3, 0.4) is 0 Å². The van der Waals surface area contributed by atoms with E-state index in [0.717, 1.165) is 36.8 Å². The van der Waals surface area contributed by atoms with Crippen molar-refractivity contribution < 1.29 is 23.9 Å². The molecular formula is C37H49N3O5. The van der Waals surface area contributed by atoms with E-state index in [9.17, 15) is 14.4 Å². The average Bonchev–Trinajstić information content (AvgIpc) is 3.02. The zero-order valence-electron chi connectivity index (χ0n) is 27.6. The smallest absolute Gasteiger partial charge is 0.408 e. The summed E-state index contributed by atoms with van der Waals surface area (Å²) in [4.78, 5) is 43.5. The third-order valence-electron chi connectivity index (χ3n) is 7.43. The molecule has 3 rings (SSSR count). The molecule has 0 heterocycles. The Morgan fingerprint density at radius 3 is 2.07 bits per heavy atom. The topological polar surface area (TPSA) is 97.0 Å². The number of unbranched alkanes of at least 4 members (excludes halogenated alkanes) is 3. The Morgan fingerprint density at radius 2 is 1.49 bits per heavy atom. The minimum absolute atomic E-state index is 0.242. The van der Waals surface area contributed by atoms with E-state index >= 15 is 0 Å². The Hall–Kier alpha value is -4.33. The first-order valence-electron chi connectivity index (χ1n) is 15.9. The highest BCUT2D eigenvalue weighted by molar-refractivity contribution is 5.99. The lowest BCUT2D eigenvalue weighted by atomic mass is 9.98. The first kappa shape index (κ1) is 35.2. The molecule has 0 radical (unpaired) electrons. The second-order valence-electron chi connectivity index (χ2n) is 12.2. The predicted molar refractivity (Wildman–Crippen MR) is 179 cm³/mol. The third kappa shape index (κ3) is 11.3. The largest absolute Gasteiger partial charge is 0.497 e. The molecule has 0 saturated heterocycles. The van der Waals surface area contributed by atoms with E-state index in [4.69, 9.17) is 9.47 Å². The standard InChI is InChI=1S/C37H49N3O5/c1-7-9-10-14-25-40(35(42)32(26-28-15-12-11-13-16-28)39-36(43)45-37(3,4)5)33(29-19-17-27(8-2)18-20-29)34(41)38-30-21-23-31(44-6)24-22-30/h11-13,15-24,32-33H,7-10,14,25-26H2,1-6H3,(H,38,41)(H,39,43). The Labute approximate surface area is 268 Å². The van der Waals surface area contributed by atoms with Crippen molar-refractivity contribution in [2.45, 2.75) is 90.8 Å². The van der Waals surface area contributed by atoms with Gasteiger partial charge in [-0.25, -0.2) is 4.79 Å². The van der Waals surface area contributed by atoms with Crippen molar-refractivity contribution in [2.24, 2.45) is 0 Å². The van der Waals surface area contributed by atoms with E-state index in [1.165, 1.54) is 0 Å². The van der Waals surface area contributed by atoms with Crippen LogP contribution in [0.2, 0.25) is 0 Å². The number of anilines is 1. The van der Waals surface area contributed by atoms with E-state index in [1.807, 2.05) is 54.6 Å². The first-order chi connectivity index (χ1) is 21.5. The fraction of sp³-hybridized carbons (Fsp3) is 0.432. The molecule has 0 fully saturated rings. The lowest BCUT2D eigenvalue weighted by Crippen LogP contribution is -2.53. The van der Waals surface area contributed by atoms with Crippen molar-refractivity contribution in [3.8, 4) is 5.75 Å². The van der Waals surface area contributed by atoms with E-state index < -0.39 is 23.8 Å². The van der Waals surface area contributed by atoms with E-state index in [2.05, 4.69) is 24.5 Å². The van der Waals surface area contributed by atoms with Crippen LogP contribution in [0, 0.1) is 0 Å². The predicted octanol–water partition coefficient (Wildman–Crippen LogP) is 7.48. The Bertz CT molecular complexity index is 1350. The van der Waals surface area contributed by atoms with Gasteiger partial charge in [-0.3, -0.25) is 9.59 Å². The highest BCUT2D eigenvalue weighted by Crippen LogP contribution is 2.27. The molecule has 3 aromatic carbocycles. The van der Waals surface area contributed by atoms with Crippen LogP contribution in [-0.2, 0) is 27.2 Å². The number of ether oxygens (including phenoxy) is 2. The molecule has 3 aromatic rings. The Balaban J connectivity index is 2.06. The van der Waals surface area contributed by atoms with Gasteiger partial charge in [0.25, 0.3) is 5.91 Å². The molecule has 8 heteroatoms. The summed E-state index contributed by atoms with van der Waals surface area (Å²) in [6.07, 6.45) is 4.07. The summed E-state index contributed by atoms with van der Waals surface area (Å²) in [5.41, 5.74) is 2.54. The number of hydrogen-bond donors (Lipinski definition) is 2. The van der Waals surface area contributed by atoms with Gasteiger partial charge < -0.3 is 25.0 Å². The summed E-state index contributed by atoms with van der Waals surface area (Å²) in [5, 5.41) is 5.85. The number of methoxy groups -OCH3 is 1. The van der Waals surface area contributed by atoms with Gasteiger partial charge in [-0.15, -0.1) is 0 Å². The zero-order valence-corrected chi connectivity index (χ0v) is 27.6. The van der Waals surface area contributed by atoms with Crippen LogP contribution in [0.1, 0.15) is 83.0 Å². The summed E-state index contributed by atoms with van der Waals surface area (Å²) in [7, 11) is 1.59. The minimum Gasteiger partial charge on any atom is -0.497 e. The fourth-order valence-electron chi connectivity index (χ4n) is 5.07. The highest BCUT2D eigenvalue weighted by Gasteiger charge is 2.36. The number of aryl methyl sites for hydroxylation is 1. The number of carbonyl (C=O) groups is 3. The molecule has 2 N–H and O–H groups in total. The van der Waals surface area contributed by atoms with Crippen LogP contribution >= 0.6 is 0 Å². The number of benzene rings is 3. The molecule has 242 valence electrons. The van der Waals surface area contributed by atoms with Crippen molar-refractivity contribution in [2.75, 3.05) is 19.0 Å². The summed E-state index contributed by atoms with van der Waals surface area (Å²) in [5.74, 6) is -0.0240. The number of nitrogens with one attached hydrogen (secondary N) is 2. The lowest BCUT2D eigenvalue weighted by molar-refractivity contribution is -0.140. The molecular weight excluding hydrogens is 566 g/mol. The van der Waals surface area contributed by atoms with Crippen LogP contribution in [0.4, 0.5) is 10.5 Å². The molecule has 8 nitrogen and oxygen atoms in total. The van der Waals surface area contributed by atoms with E-state index in [-0.39, 0.29) is 18.2 Å². The second kappa shape index (κ2) is 17.2. The normalized spacial score (nSPS) is 12.5. The Morgan fingerprint density at radius 1 is 0.822 bits per heavy atom. The molecule has 3 amide bonds. The van der Waals surface area contributed by atoms with Crippen LogP contribution < -0.4 is 15.4 Å². The van der Waals surface area contributed by atoms with Crippen LogP contribution in [0.15, 0.2) is 78.9 Å². The fourth-order valence-corrected chi connectivity index (χ4v) is 5.07. The van der Waals surface area contributed by atoms with Gasteiger partial charge in [0.15, 0.2) is 0 Å². The highest BCUT2D eigenvalue weighted by atomic mass is 16.6. The second-order valence-corrected chi connectivity index (χ2v) is 12.2. The number of hydrogen-bond acceptors (Lipinski definition) is 5. The number of carbonyl (C=O) groups excluding carboxylic acids is 3. The quantitative estimate of drug-likeness (QED) is 0.173. The lowest BCUT2D eigenvalue weighted by Gasteiger charge is -2.35. The van der Waals surface area contributed by atoms with Crippen LogP contribution in [-0.4, -0.2) is 48.1 Å². The summed E-state index contributed by atoms with van der Waals surface area (Å²) < 4.78 is 10.8. The van der Waals surface area contributed by atoms with Gasteiger partial charge in [-0.2, -0.15) is 0 Å². The van der Waals surface area contributed by atoms with Gasteiger partial charge in [-0.05, 0) is 74.6 Å². The maximum absolute atomic E-state index is 14.7. The molecule has 0 aliphatic carbocycles. The molecule has 2 atom stereocenters. The van der Waals surface area contributed by atoms with Gasteiger partial charge in [0.1, 0.15) is 23.4 Å². The van der Waals surface area contributed by atoms with Gasteiger partial charge in [0, 0.05) is 18.7 Å². The summed E-state index contributed by atoms with van der Waals surface area (Å²) in [6, 6.07) is 22.5. The zero-order chi connectivity index (χ0) is 32.8. The van der Waals surface area contributed by atoms with Crippen molar-refractivity contribution >= 4 is 23.6 Å². The Kier molecular flexibility index (Phi) is 13.5. The summed E-state index contributed by atoms with van der Waals surface area (Å²) in [6.45, 7) is 9.88. The average molecular weight is 616 g/mol. The van der Waals surface area contributed by atoms with Crippen molar-refractivity contribution in [3.05, 3.63) is 95.6 Å².